The van der Waals surface area contributed by atoms with Crippen LogP contribution < -0.4 is 10.1 Å². The fourth-order valence-corrected chi connectivity index (χ4v) is 1.93. The summed E-state index contributed by atoms with van der Waals surface area (Å²) in [4.78, 5) is 10.5. The van der Waals surface area contributed by atoms with Crippen LogP contribution in [0.2, 0.25) is 0 Å². The molecule has 92 valence electrons. The lowest BCUT2D eigenvalue weighted by Crippen LogP contribution is -2.35. The van der Waals surface area contributed by atoms with E-state index in [1.807, 2.05) is 6.07 Å². The highest BCUT2D eigenvalue weighted by Gasteiger charge is 2.20. The Hall–Kier alpha value is -1.75. The van der Waals surface area contributed by atoms with Crippen molar-refractivity contribution in [1.29, 1.82) is 0 Å². The van der Waals surface area contributed by atoms with Crippen molar-refractivity contribution in [1.82, 2.24) is 5.32 Å². The van der Waals surface area contributed by atoms with Crippen molar-refractivity contribution >= 4 is 6.09 Å². The molecule has 0 unspecified atom stereocenters. The molecule has 0 bridgehead atoms. The van der Waals surface area contributed by atoms with Gasteiger partial charge >= 0.3 is 6.09 Å². The van der Waals surface area contributed by atoms with Crippen molar-refractivity contribution in [2.45, 2.75) is 25.5 Å². The van der Waals surface area contributed by atoms with Crippen LogP contribution in [-0.4, -0.2) is 29.0 Å². The van der Waals surface area contributed by atoms with Gasteiger partial charge in [-0.15, -0.1) is 0 Å². The van der Waals surface area contributed by atoms with Crippen LogP contribution in [0, 0.1) is 0 Å². The minimum absolute atomic E-state index is 0.563. The van der Waals surface area contributed by atoms with E-state index < -0.39 is 18.2 Å². The van der Waals surface area contributed by atoms with Crippen LogP contribution in [0.3, 0.4) is 0 Å². The van der Waals surface area contributed by atoms with Crippen molar-refractivity contribution < 1.29 is 19.7 Å². The predicted molar refractivity (Wildman–Crippen MR) is 61.2 cm³/mol. The number of rotatable bonds is 3. The van der Waals surface area contributed by atoms with Crippen molar-refractivity contribution in [3.63, 3.8) is 0 Å². The molecule has 0 fully saturated rings. The van der Waals surface area contributed by atoms with Gasteiger partial charge in [-0.05, 0) is 24.1 Å². The van der Waals surface area contributed by atoms with Crippen molar-refractivity contribution in [2.75, 3.05) is 6.61 Å². The van der Waals surface area contributed by atoms with Gasteiger partial charge in [0.05, 0.1) is 18.8 Å². The lowest BCUT2D eigenvalue weighted by molar-refractivity contribution is 0.127. The molecule has 17 heavy (non-hydrogen) atoms. The number of ether oxygens (including phenoxy) is 1. The number of carbonyl (C=O) groups is 1. The minimum atomic E-state index is -1.14. The first-order valence-electron chi connectivity index (χ1n) is 5.51. The Balaban J connectivity index is 2.14. The van der Waals surface area contributed by atoms with Crippen molar-refractivity contribution in [3.05, 3.63) is 29.3 Å². The van der Waals surface area contributed by atoms with Gasteiger partial charge < -0.3 is 20.3 Å². The zero-order valence-corrected chi connectivity index (χ0v) is 9.51. The standard InChI is InChI=1S/C12H15NO4/c1-7(13-12(15)16)11(14)9-3-2-8-4-5-17-10(8)6-9/h2-3,6-7,11,13-14H,4-5H2,1H3,(H,15,16)/t7-,11+/m1/s1. The summed E-state index contributed by atoms with van der Waals surface area (Å²) in [6.45, 7) is 2.28. The zero-order valence-electron chi connectivity index (χ0n) is 9.51. The number of benzene rings is 1. The third-order valence-electron chi connectivity index (χ3n) is 2.89. The molecule has 1 aliphatic rings. The van der Waals surface area contributed by atoms with Gasteiger partial charge in [-0.25, -0.2) is 4.79 Å². The topological polar surface area (TPSA) is 78.8 Å². The summed E-state index contributed by atoms with van der Waals surface area (Å²) in [5.41, 5.74) is 1.78. The van der Waals surface area contributed by atoms with E-state index in [9.17, 15) is 9.90 Å². The van der Waals surface area contributed by atoms with E-state index in [0.29, 0.717) is 12.2 Å². The normalized spacial score (nSPS) is 16.8. The number of hydrogen-bond acceptors (Lipinski definition) is 3. The van der Waals surface area contributed by atoms with E-state index in [1.165, 1.54) is 0 Å². The number of hydrogen-bond donors (Lipinski definition) is 3. The SMILES string of the molecule is C[C@@H](NC(=O)O)[C@H](O)c1ccc2c(c1)OCC2. The van der Waals surface area contributed by atoms with Gasteiger partial charge in [-0.2, -0.15) is 0 Å². The Bertz CT molecular complexity index is 433. The van der Waals surface area contributed by atoms with Gasteiger partial charge in [-0.1, -0.05) is 12.1 Å². The summed E-state index contributed by atoms with van der Waals surface area (Å²) in [6.07, 6.45) is -1.14. The molecule has 1 amide bonds. The van der Waals surface area contributed by atoms with E-state index in [-0.39, 0.29) is 0 Å². The third kappa shape index (κ3) is 2.50. The molecule has 1 aromatic rings. The van der Waals surface area contributed by atoms with Crippen LogP contribution in [0.25, 0.3) is 0 Å². The third-order valence-corrected chi connectivity index (χ3v) is 2.89. The lowest BCUT2D eigenvalue weighted by atomic mass is 10.0. The number of fused-ring (bicyclic) bond motifs is 1. The van der Waals surface area contributed by atoms with Gasteiger partial charge in [0.1, 0.15) is 5.75 Å². The average Bonchev–Trinajstić information content (AvgIpc) is 2.73. The Labute approximate surface area is 99.0 Å². The highest BCUT2D eigenvalue weighted by Crippen LogP contribution is 2.29. The average molecular weight is 237 g/mol. The molecule has 0 radical (unpaired) electrons. The van der Waals surface area contributed by atoms with Gasteiger partial charge in [-0.3, -0.25) is 0 Å². The molecular formula is C12H15NO4. The van der Waals surface area contributed by atoms with Gasteiger partial charge in [0.2, 0.25) is 0 Å². The van der Waals surface area contributed by atoms with Gasteiger partial charge in [0.15, 0.2) is 0 Å². The number of aliphatic hydroxyl groups excluding tert-OH is 1. The summed E-state index contributed by atoms with van der Waals surface area (Å²) >= 11 is 0. The van der Waals surface area contributed by atoms with Crippen LogP contribution in [-0.2, 0) is 6.42 Å². The molecule has 0 aromatic heterocycles. The summed E-state index contributed by atoms with van der Waals surface area (Å²) < 4.78 is 5.40. The summed E-state index contributed by atoms with van der Waals surface area (Å²) in [7, 11) is 0. The first-order valence-corrected chi connectivity index (χ1v) is 5.51. The molecule has 1 aromatic carbocycles. The van der Waals surface area contributed by atoms with Crippen LogP contribution in [0.4, 0.5) is 4.79 Å². The van der Waals surface area contributed by atoms with Crippen molar-refractivity contribution in [2.24, 2.45) is 0 Å². The lowest BCUT2D eigenvalue weighted by Gasteiger charge is -2.19. The highest BCUT2D eigenvalue weighted by molar-refractivity contribution is 5.64. The largest absolute Gasteiger partial charge is 0.493 e. The van der Waals surface area contributed by atoms with E-state index in [4.69, 9.17) is 9.84 Å². The molecule has 1 aliphatic heterocycles. The molecule has 2 atom stereocenters. The number of aliphatic hydroxyl groups is 1. The first kappa shape index (κ1) is 11.7. The summed E-state index contributed by atoms with van der Waals surface area (Å²) in [6, 6.07) is 4.92. The fourth-order valence-electron chi connectivity index (χ4n) is 1.93. The Morgan fingerprint density at radius 1 is 1.53 bits per heavy atom. The molecule has 0 saturated carbocycles. The minimum Gasteiger partial charge on any atom is -0.493 e. The van der Waals surface area contributed by atoms with E-state index >= 15 is 0 Å². The maximum absolute atomic E-state index is 10.5. The zero-order chi connectivity index (χ0) is 12.4. The molecule has 2 rings (SSSR count). The second-order valence-corrected chi connectivity index (χ2v) is 4.15. The fraction of sp³-hybridized carbons (Fsp3) is 0.417. The molecule has 5 nitrogen and oxygen atoms in total. The smallest absolute Gasteiger partial charge is 0.404 e. The molecular weight excluding hydrogens is 222 g/mol. The predicted octanol–water partition coefficient (Wildman–Crippen LogP) is 1.31. The van der Waals surface area contributed by atoms with E-state index in [0.717, 1.165) is 17.7 Å². The highest BCUT2D eigenvalue weighted by atomic mass is 16.5. The number of nitrogens with one attached hydrogen (secondary N) is 1. The van der Waals surface area contributed by atoms with Crippen molar-refractivity contribution in [3.8, 4) is 5.75 Å². The monoisotopic (exact) mass is 237 g/mol. The van der Waals surface area contributed by atoms with Crippen LogP contribution >= 0.6 is 0 Å². The number of amides is 1. The summed E-state index contributed by atoms with van der Waals surface area (Å²) in [5.74, 6) is 0.782. The maximum Gasteiger partial charge on any atom is 0.404 e. The molecule has 3 N–H and O–H groups in total. The Kier molecular flexibility index (Phi) is 3.19. The molecule has 0 aliphatic carbocycles. The molecule has 0 saturated heterocycles. The first-order chi connectivity index (χ1) is 8.08. The van der Waals surface area contributed by atoms with Crippen LogP contribution in [0.1, 0.15) is 24.2 Å². The van der Waals surface area contributed by atoms with Crippen LogP contribution in [0.5, 0.6) is 5.75 Å². The van der Waals surface area contributed by atoms with Crippen LogP contribution in [0.15, 0.2) is 18.2 Å². The molecule has 1 heterocycles. The second kappa shape index (κ2) is 4.63. The molecule has 5 heteroatoms. The van der Waals surface area contributed by atoms with E-state index in [1.54, 1.807) is 19.1 Å². The Morgan fingerprint density at radius 3 is 3.00 bits per heavy atom. The quantitative estimate of drug-likeness (QED) is 0.740. The second-order valence-electron chi connectivity index (χ2n) is 4.15. The van der Waals surface area contributed by atoms with Gasteiger partial charge in [0, 0.05) is 6.42 Å². The Morgan fingerprint density at radius 2 is 2.29 bits per heavy atom. The van der Waals surface area contributed by atoms with E-state index in [2.05, 4.69) is 5.32 Å². The maximum atomic E-state index is 10.5. The summed E-state index contributed by atoms with van der Waals surface area (Å²) in [5, 5.41) is 20.8. The number of carboxylic acid groups (broad SMARTS) is 1. The molecule has 0 spiro atoms. The van der Waals surface area contributed by atoms with Gasteiger partial charge in [0.25, 0.3) is 0 Å².